The van der Waals surface area contributed by atoms with Crippen molar-refractivity contribution in [1.82, 2.24) is 4.98 Å². The SMILES string of the molecule is C=C/C(C(=C)Sc1ncccc1Cl)=C(C)\C=C(/C)C(C)=O. The fourth-order valence-electron chi connectivity index (χ4n) is 1.62. The van der Waals surface area contributed by atoms with Gasteiger partial charge in [-0.2, -0.15) is 0 Å². The minimum absolute atomic E-state index is 0.0452. The number of carbonyl (C=O) groups is 1. The summed E-state index contributed by atoms with van der Waals surface area (Å²) in [5.74, 6) is 0.0452. The van der Waals surface area contributed by atoms with Gasteiger partial charge in [0, 0.05) is 11.1 Å². The Kier molecular flexibility index (Phi) is 6.66. The number of rotatable bonds is 6. The van der Waals surface area contributed by atoms with Crippen LogP contribution >= 0.6 is 23.4 Å². The summed E-state index contributed by atoms with van der Waals surface area (Å²) in [5.41, 5.74) is 2.50. The van der Waals surface area contributed by atoms with Crippen molar-refractivity contribution in [1.29, 1.82) is 0 Å². The van der Waals surface area contributed by atoms with Crippen LogP contribution in [0.1, 0.15) is 20.8 Å². The highest BCUT2D eigenvalue weighted by molar-refractivity contribution is 8.03. The highest BCUT2D eigenvalue weighted by Gasteiger charge is 2.09. The molecule has 0 fully saturated rings. The maximum absolute atomic E-state index is 11.3. The molecule has 0 aliphatic rings. The van der Waals surface area contributed by atoms with Crippen LogP contribution in [0.3, 0.4) is 0 Å². The van der Waals surface area contributed by atoms with Crippen LogP contribution in [0.5, 0.6) is 0 Å². The molecule has 0 saturated carbocycles. The fraction of sp³-hybridized carbons (Fsp3) is 0.176. The van der Waals surface area contributed by atoms with Crippen molar-refractivity contribution >= 4 is 29.1 Å². The van der Waals surface area contributed by atoms with Crippen LogP contribution in [0.4, 0.5) is 0 Å². The van der Waals surface area contributed by atoms with E-state index in [0.29, 0.717) is 15.6 Å². The van der Waals surface area contributed by atoms with Crippen molar-refractivity contribution in [2.45, 2.75) is 25.8 Å². The second-order valence-electron chi connectivity index (χ2n) is 4.50. The van der Waals surface area contributed by atoms with E-state index in [1.165, 1.54) is 11.8 Å². The largest absolute Gasteiger partial charge is 0.295 e. The summed E-state index contributed by atoms with van der Waals surface area (Å²) in [4.78, 5) is 16.3. The summed E-state index contributed by atoms with van der Waals surface area (Å²) in [6.45, 7) is 13.1. The van der Waals surface area contributed by atoms with Gasteiger partial charge in [-0.05, 0) is 49.6 Å². The van der Waals surface area contributed by atoms with Crippen LogP contribution in [0.2, 0.25) is 5.02 Å². The number of Topliss-reactive ketones (excluding diaryl/α,β-unsaturated/α-hetero) is 1. The van der Waals surface area contributed by atoms with Crippen LogP contribution < -0.4 is 0 Å². The van der Waals surface area contributed by atoms with Crippen molar-refractivity contribution in [3.8, 4) is 0 Å². The number of hydrogen-bond acceptors (Lipinski definition) is 3. The van der Waals surface area contributed by atoms with Crippen molar-refractivity contribution < 1.29 is 4.79 Å². The first kappa shape index (κ1) is 17.5. The van der Waals surface area contributed by atoms with Gasteiger partial charge in [-0.25, -0.2) is 4.98 Å². The first-order chi connectivity index (χ1) is 9.86. The minimum atomic E-state index is 0.0452. The number of carbonyl (C=O) groups excluding carboxylic acids is 1. The molecule has 0 spiro atoms. The van der Waals surface area contributed by atoms with E-state index in [-0.39, 0.29) is 5.78 Å². The topological polar surface area (TPSA) is 30.0 Å². The smallest absolute Gasteiger partial charge is 0.155 e. The fourth-order valence-corrected chi connectivity index (χ4v) is 2.72. The number of halogens is 1. The third kappa shape index (κ3) is 5.03. The summed E-state index contributed by atoms with van der Waals surface area (Å²) < 4.78 is 0. The third-order valence-corrected chi connectivity index (χ3v) is 4.26. The first-order valence-electron chi connectivity index (χ1n) is 6.37. The standard InChI is InChI=1S/C17H18ClNOS/c1-6-15(12(3)10-11(2)13(4)20)14(5)21-17-16(18)8-7-9-19-17/h6-10H,1,5H2,2-4H3/b11-10+,15-12+. The molecular weight excluding hydrogens is 302 g/mol. The number of ketones is 1. The molecule has 0 amide bonds. The Morgan fingerprint density at radius 3 is 2.57 bits per heavy atom. The Bertz CT molecular complexity index is 644. The van der Waals surface area contributed by atoms with Gasteiger partial charge in [-0.3, -0.25) is 4.79 Å². The van der Waals surface area contributed by atoms with Gasteiger partial charge < -0.3 is 0 Å². The molecule has 1 aromatic heterocycles. The highest BCUT2D eigenvalue weighted by atomic mass is 35.5. The predicted molar refractivity (Wildman–Crippen MR) is 91.6 cm³/mol. The lowest BCUT2D eigenvalue weighted by Gasteiger charge is -2.10. The molecule has 0 aliphatic heterocycles. The Balaban J connectivity index is 3.07. The molecule has 0 atom stereocenters. The Hall–Kier alpha value is -1.58. The molecule has 0 unspecified atom stereocenters. The molecule has 110 valence electrons. The monoisotopic (exact) mass is 319 g/mol. The molecule has 1 rings (SSSR count). The second-order valence-corrected chi connectivity index (χ2v) is 5.99. The normalized spacial score (nSPS) is 12.7. The van der Waals surface area contributed by atoms with Crippen molar-refractivity contribution in [3.05, 3.63) is 70.3 Å². The summed E-state index contributed by atoms with van der Waals surface area (Å²) in [6, 6.07) is 3.57. The zero-order chi connectivity index (χ0) is 16.0. The number of aromatic nitrogens is 1. The quantitative estimate of drug-likeness (QED) is 0.400. The van der Waals surface area contributed by atoms with Crippen LogP contribution in [-0.4, -0.2) is 10.8 Å². The van der Waals surface area contributed by atoms with E-state index in [1.54, 1.807) is 38.3 Å². The van der Waals surface area contributed by atoms with Crippen LogP contribution in [-0.2, 0) is 4.79 Å². The molecule has 1 aromatic rings. The van der Waals surface area contributed by atoms with Gasteiger partial charge in [0.2, 0.25) is 0 Å². The van der Waals surface area contributed by atoms with E-state index in [1.807, 2.05) is 13.0 Å². The Morgan fingerprint density at radius 2 is 2.05 bits per heavy atom. The van der Waals surface area contributed by atoms with E-state index in [9.17, 15) is 4.79 Å². The zero-order valence-electron chi connectivity index (χ0n) is 12.4. The third-order valence-electron chi connectivity index (χ3n) is 2.86. The predicted octanol–water partition coefficient (Wildman–Crippen LogP) is 5.38. The minimum Gasteiger partial charge on any atom is -0.295 e. The zero-order valence-corrected chi connectivity index (χ0v) is 14.0. The van der Waals surface area contributed by atoms with Crippen molar-refractivity contribution in [2.24, 2.45) is 0 Å². The molecule has 1 heterocycles. The summed E-state index contributed by atoms with van der Waals surface area (Å²) in [7, 11) is 0. The molecule has 0 aromatic carbocycles. The van der Waals surface area contributed by atoms with E-state index >= 15 is 0 Å². The van der Waals surface area contributed by atoms with Crippen LogP contribution in [0.25, 0.3) is 0 Å². The van der Waals surface area contributed by atoms with E-state index < -0.39 is 0 Å². The van der Waals surface area contributed by atoms with Gasteiger partial charge in [-0.15, -0.1) is 0 Å². The number of allylic oxidation sites excluding steroid dienone is 5. The van der Waals surface area contributed by atoms with Crippen molar-refractivity contribution in [2.75, 3.05) is 0 Å². The maximum atomic E-state index is 11.3. The van der Waals surface area contributed by atoms with Gasteiger partial charge in [-0.1, -0.05) is 48.7 Å². The molecule has 0 aliphatic carbocycles. The second kappa shape index (κ2) is 8.01. The van der Waals surface area contributed by atoms with Gasteiger partial charge in [0.15, 0.2) is 5.78 Å². The average molecular weight is 320 g/mol. The Labute approximate surface area is 135 Å². The highest BCUT2D eigenvalue weighted by Crippen LogP contribution is 2.35. The van der Waals surface area contributed by atoms with Crippen LogP contribution in [0, 0.1) is 0 Å². The first-order valence-corrected chi connectivity index (χ1v) is 7.56. The number of nitrogens with zero attached hydrogens (tertiary/aromatic N) is 1. The summed E-state index contributed by atoms with van der Waals surface area (Å²) in [6.07, 6.45) is 5.25. The molecule has 0 bridgehead atoms. The number of thioether (sulfide) groups is 1. The van der Waals surface area contributed by atoms with Crippen molar-refractivity contribution in [3.63, 3.8) is 0 Å². The average Bonchev–Trinajstić information content (AvgIpc) is 2.42. The maximum Gasteiger partial charge on any atom is 0.155 e. The molecule has 2 nitrogen and oxygen atoms in total. The Morgan fingerprint density at radius 1 is 1.38 bits per heavy atom. The van der Waals surface area contributed by atoms with Gasteiger partial charge in [0.1, 0.15) is 5.03 Å². The van der Waals surface area contributed by atoms with E-state index in [4.69, 9.17) is 11.6 Å². The lowest BCUT2D eigenvalue weighted by molar-refractivity contribution is -0.113. The molecule has 0 N–H and O–H groups in total. The van der Waals surface area contributed by atoms with E-state index in [2.05, 4.69) is 18.1 Å². The van der Waals surface area contributed by atoms with Crippen LogP contribution in [0.15, 0.2) is 70.3 Å². The molecule has 0 saturated heterocycles. The molecule has 21 heavy (non-hydrogen) atoms. The van der Waals surface area contributed by atoms with Gasteiger partial charge in [0.25, 0.3) is 0 Å². The molecular formula is C17H18ClNOS. The lowest BCUT2D eigenvalue weighted by Crippen LogP contribution is -1.93. The molecule has 4 heteroatoms. The number of pyridine rings is 1. The van der Waals surface area contributed by atoms with Gasteiger partial charge >= 0.3 is 0 Å². The lowest BCUT2D eigenvalue weighted by atomic mass is 10.1. The molecule has 0 radical (unpaired) electrons. The van der Waals surface area contributed by atoms with E-state index in [0.717, 1.165) is 16.1 Å². The number of hydrogen-bond donors (Lipinski definition) is 0. The summed E-state index contributed by atoms with van der Waals surface area (Å²) in [5, 5.41) is 1.28. The van der Waals surface area contributed by atoms with Gasteiger partial charge in [0.05, 0.1) is 5.02 Å². The summed E-state index contributed by atoms with van der Waals surface area (Å²) >= 11 is 7.48.